The summed E-state index contributed by atoms with van der Waals surface area (Å²) >= 11 is 25.0. The van der Waals surface area contributed by atoms with E-state index in [9.17, 15) is 14.4 Å². The third-order valence-corrected chi connectivity index (χ3v) is 10.8. The van der Waals surface area contributed by atoms with Crippen LogP contribution in [0.5, 0.6) is 0 Å². The molecular weight excluding hydrogens is 816 g/mol. The van der Waals surface area contributed by atoms with E-state index < -0.39 is 0 Å². The Labute approximate surface area is 373 Å². The first kappa shape index (κ1) is 45.4. The van der Waals surface area contributed by atoms with Gasteiger partial charge in [0.15, 0.2) is 6.29 Å². The van der Waals surface area contributed by atoms with Crippen molar-refractivity contribution in [2.45, 2.75) is 34.6 Å². The molecule has 3 radical (unpaired) electrons. The van der Waals surface area contributed by atoms with Gasteiger partial charge in [0.05, 0.1) is 70.0 Å². The largest absolute Gasteiger partial charge is 1.00 e. The van der Waals surface area contributed by atoms with Gasteiger partial charge in [-0.3, -0.25) is 14.4 Å². The molecule has 287 valence electrons. The molecule has 57 heavy (non-hydrogen) atoms. The molecule has 0 aliphatic heterocycles. The number of carbonyl (C=O) groups is 1. The number of hydrogen-bond donors (Lipinski definition) is 4. The topological polar surface area (TPSA) is 142 Å². The number of halogens is 4. The second-order valence-corrected chi connectivity index (χ2v) is 14.3. The number of carbonyl (C=O) groups excluding carboxylic acids is 1. The maximum absolute atomic E-state index is 12.8. The number of H-pyrrole nitrogens is 2. The number of aldehydes is 1. The monoisotopic (exact) mass is 851 g/mol. The van der Waals surface area contributed by atoms with E-state index in [2.05, 4.69) is 30.6 Å². The molecular formula is C40H37BCl4N8NaO3. The van der Waals surface area contributed by atoms with Gasteiger partial charge in [0, 0.05) is 28.2 Å². The van der Waals surface area contributed by atoms with Crippen molar-refractivity contribution in [1.29, 1.82) is 0 Å². The van der Waals surface area contributed by atoms with E-state index in [0.29, 0.717) is 82.4 Å². The third kappa shape index (κ3) is 8.09. The van der Waals surface area contributed by atoms with Crippen LogP contribution in [0.1, 0.15) is 43.1 Å². The van der Waals surface area contributed by atoms with E-state index >= 15 is 0 Å². The zero-order valence-corrected chi connectivity index (χ0v) is 36.2. The predicted octanol–water partition coefficient (Wildman–Crippen LogP) is 7.29. The maximum atomic E-state index is 12.8. The molecule has 0 fully saturated rings. The Hall–Kier alpha value is -4.27. The predicted molar refractivity (Wildman–Crippen MR) is 235 cm³/mol. The van der Waals surface area contributed by atoms with Crippen LogP contribution >= 0.6 is 46.4 Å². The van der Waals surface area contributed by atoms with Crippen molar-refractivity contribution in [3.05, 3.63) is 124 Å². The third-order valence-electron chi connectivity index (χ3n) is 9.57. The fourth-order valence-corrected chi connectivity index (χ4v) is 7.71. The zero-order valence-electron chi connectivity index (χ0n) is 32.2. The molecule has 0 amide bonds. The van der Waals surface area contributed by atoms with Crippen LogP contribution in [0.4, 0.5) is 23.3 Å². The van der Waals surface area contributed by atoms with Crippen molar-refractivity contribution in [3.63, 3.8) is 0 Å². The Kier molecular flexibility index (Phi) is 14.4. The second-order valence-electron chi connectivity index (χ2n) is 12.7. The SMILES string of the molecule is C.CCc1[nH]c(=O)c2c(ccc3nc(Nc4c(Cl)cccc4Cl)n(C)c32)c1C.Cc1c(C=O)[nH]c(=O)c2c1ccc1nc(Nc3c(Cl)cccc3Cl)n(C)c12.[B].[H-].[Na+]. The number of aromatic nitrogens is 6. The number of anilines is 4. The van der Waals surface area contributed by atoms with Gasteiger partial charge in [0.25, 0.3) is 11.1 Å². The van der Waals surface area contributed by atoms with Gasteiger partial charge >= 0.3 is 29.6 Å². The number of pyridine rings is 2. The number of nitrogens with one attached hydrogen (secondary N) is 4. The maximum Gasteiger partial charge on any atom is 1.00 e. The van der Waals surface area contributed by atoms with Gasteiger partial charge in [-0.1, -0.05) is 85.0 Å². The number of benzene rings is 4. The van der Waals surface area contributed by atoms with Crippen molar-refractivity contribution >= 4 is 128 Å². The number of fused-ring (bicyclic) bond motifs is 6. The number of imidazole rings is 2. The number of rotatable bonds is 6. The average molecular weight is 853 g/mol. The van der Waals surface area contributed by atoms with Crippen molar-refractivity contribution in [2.75, 3.05) is 10.6 Å². The molecule has 8 rings (SSSR count). The second kappa shape index (κ2) is 18.1. The molecule has 0 aliphatic carbocycles. The first-order valence-corrected chi connectivity index (χ1v) is 18.3. The first-order valence-electron chi connectivity index (χ1n) is 16.7. The Balaban J connectivity index is 0.000000290. The molecule has 0 saturated carbocycles. The molecule has 4 aromatic heterocycles. The molecule has 0 bridgehead atoms. The van der Waals surface area contributed by atoms with Gasteiger partial charge in [-0.25, -0.2) is 9.97 Å². The standard InChI is InChI=1S/C20H18Cl2N4O.C19H14Cl2N4O2.CH4.B.Na.H/c1-4-14-10(2)11-8-9-15-18(16(11)19(27)23-14)26(3)20(24-15)25-17-12(21)6-5-7-13(17)22;1-9-10-6-7-13-17(15(10)18(27)22-14(9)8-26)25(2)19(23-13)24-16-11(20)4-3-5-12(16)21;;;;/h5-9H,4H2,1-3H3,(H,23,27)(H,24,25);3-8H,1-2H3,(H,22,27)(H,23,24);1H4;;;/q;;;;+1;-1. The molecule has 17 heteroatoms. The molecule has 4 aromatic carbocycles. The number of aryl methyl sites for hydroxylation is 5. The quantitative estimate of drug-likeness (QED) is 0.102. The van der Waals surface area contributed by atoms with E-state index in [1.165, 1.54) is 0 Å². The summed E-state index contributed by atoms with van der Waals surface area (Å²) in [6.45, 7) is 5.86. The molecule has 11 nitrogen and oxygen atoms in total. The van der Waals surface area contributed by atoms with Crippen LogP contribution in [0.15, 0.2) is 70.3 Å². The fourth-order valence-electron chi connectivity index (χ4n) is 6.73. The van der Waals surface area contributed by atoms with Gasteiger partial charge in [0.2, 0.25) is 11.9 Å². The van der Waals surface area contributed by atoms with Gasteiger partial charge in [-0.15, -0.1) is 0 Å². The number of para-hydroxylation sites is 2. The smallest absolute Gasteiger partial charge is 1.00 e. The molecule has 0 atom stereocenters. The van der Waals surface area contributed by atoms with E-state index in [-0.39, 0.29) is 63.6 Å². The molecule has 8 aromatic rings. The normalized spacial score (nSPS) is 10.8. The molecule has 0 saturated heterocycles. The summed E-state index contributed by atoms with van der Waals surface area (Å²) in [5, 5.41) is 11.0. The van der Waals surface area contributed by atoms with Crippen LogP contribution in [0, 0.1) is 13.8 Å². The molecule has 0 aliphatic rings. The molecule has 0 spiro atoms. The van der Waals surface area contributed by atoms with E-state index in [1.807, 2.05) is 43.7 Å². The number of nitrogens with zero attached hydrogens (tertiary/aromatic N) is 4. The molecule has 4 heterocycles. The van der Waals surface area contributed by atoms with Crippen LogP contribution in [0.25, 0.3) is 43.6 Å². The Morgan fingerprint density at radius 1 is 0.702 bits per heavy atom. The van der Waals surface area contributed by atoms with Crippen LogP contribution in [0.3, 0.4) is 0 Å². The Morgan fingerprint density at radius 3 is 1.51 bits per heavy atom. The summed E-state index contributed by atoms with van der Waals surface area (Å²) < 4.78 is 3.63. The minimum atomic E-state index is -0.339. The van der Waals surface area contributed by atoms with Crippen LogP contribution < -0.4 is 51.3 Å². The summed E-state index contributed by atoms with van der Waals surface area (Å²) in [7, 11) is 3.66. The van der Waals surface area contributed by atoms with Crippen molar-refractivity contribution in [2.24, 2.45) is 14.1 Å². The van der Waals surface area contributed by atoms with E-state index in [1.54, 1.807) is 61.0 Å². The Morgan fingerprint density at radius 2 is 1.11 bits per heavy atom. The molecule has 0 unspecified atom stereocenters. The van der Waals surface area contributed by atoms with E-state index in [4.69, 9.17) is 46.4 Å². The van der Waals surface area contributed by atoms with Gasteiger partial charge in [0.1, 0.15) is 0 Å². The minimum absolute atomic E-state index is 0. The Bertz CT molecular complexity index is 2930. The summed E-state index contributed by atoms with van der Waals surface area (Å²) in [5.74, 6) is 1.05. The molecule has 4 N–H and O–H groups in total. The summed E-state index contributed by atoms with van der Waals surface area (Å²) in [6.07, 6.45) is 1.42. The van der Waals surface area contributed by atoms with Crippen molar-refractivity contribution in [3.8, 4) is 0 Å². The van der Waals surface area contributed by atoms with Crippen LogP contribution in [0.2, 0.25) is 20.1 Å². The summed E-state index contributed by atoms with van der Waals surface area (Å²) in [5.41, 5.74) is 6.49. The van der Waals surface area contributed by atoms with Crippen LogP contribution in [-0.2, 0) is 20.5 Å². The fraction of sp³-hybridized carbons (Fsp3) is 0.175. The first-order chi connectivity index (χ1) is 25.8. The summed E-state index contributed by atoms with van der Waals surface area (Å²) in [6, 6.07) is 18.0. The average Bonchev–Trinajstić information content (AvgIpc) is 3.65. The van der Waals surface area contributed by atoms with Gasteiger partial charge in [-0.2, -0.15) is 0 Å². The minimum Gasteiger partial charge on any atom is -1.00 e. The number of aromatic amines is 2. The number of hydrogen-bond acceptors (Lipinski definition) is 7. The van der Waals surface area contributed by atoms with Crippen LogP contribution in [-0.4, -0.2) is 43.8 Å². The zero-order chi connectivity index (χ0) is 38.6. The van der Waals surface area contributed by atoms with Gasteiger partial charge in [-0.05, 0) is 78.6 Å². The summed E-state index contributed by atoms with van der Waals surface area (Å²) in [4.78, 5) is 51.5. The van der Waals surface area contributed by atoms with Gasteiger partial charge < -0.3 is 31.2 Å². The van der Waals surface area contributed by atoms with E-state index in [0.717, 1.165) is 34.1 Å². The van der Waals surface area contributed by atoms with Crippen molar-refractivity contribution in [1.82, 2.24) is 29.1 Å². The van der Waals surface area contributed by atoms with Crippen molar-refractivity contribution < 1.29 is 35.8 Å².